The van der Waals surface area contributed by atoms with Crippen LogP contribution in [-0.2, 0) is 21.5 Å². The summed E-state index contributed by atoms with van der Waals surface area (Å²) in [6, 6.07) is 13.1. The van der Waals surface area contributed by atoms with E-state index in [0.29, 0.717) is 18.3 Å². The maximum Gasteiger partial charge on any atom is 0.339 e. The van der Waals surface area contributed by atoms with Crippen LogP contribution in [0.3, 0.4) is 0 Å². The second-order valence-electron chi connectivity index (χ2n) is 5.92. The van der Waals surface area contributed by atoms with Crippen molar-refractivity contribution in [3.05, 3.63) is 54.1 Å². The Morgan fingerprint density at radius 1 is 1.04 bits per heavy atom. The summed E-state index contributed by atoms with van der Waals surface area (Å²) in [4.78, 5) is 11.0. The lowest BCUT2D eigenvalue weighted by Crippen LogP contribution is -2.21. The van der Waals surface area contributed by atoms with Gasteiger partial charge in [-0.2, -0.15) is 8.42 Å². The van der Waals surface area contributed by atoms with Crippen molar-refractivity contribution in [1.29, 1.82) is 0 Å². The fourth-order valence-electron chi connectivity index (χ4n) is 2.07. The first-order valence-electron chi connectivity index (χ1n) is 7.91. The minimum Gasteiger partial charge on any atom is -0.379 e. The fraction of sp³-hybridized carbons (Fsp3) is 0.278. The normalized spacial score (nSPS) is 11.4. The Morgan fingerprint density at radius 3 is 2.16 bits per heavy atom. The molecule has 0 atom stereocenters. The highest BCUT2D eigenvalue weighted by Gasteiger charge is 2.16. The summed E-state index contributed by atoms with van der Waals surface area (Å²) in [6.07, 6.45) is 0. The molecule has 0 saturated carbocycles. The molecule has 0 unspecified atom stereocenters. The van der Waals surface area contributed by atoms with Crippen LogP contribution in [0.2, 0.25) is 0 Å². The fourth-order valence-corrected chi connectivity index (χ4v) is 3.00. The van der Waals surface area contributed by atoms with Gasteiger partial charge < -0.3 is 14.8 Å². The Morgan fingerprint density at radius 2 is 1.64 bits per heavy atom. The third-order valence-corrected chi connectivity index (χ3v) is 4.57. The molecule has 0 heterocycles. The summed E-state index contributed by atoms with van der Waals surface area (Å²) < 4.78 is 29.8. The number of benzene rings is 2. The van der Waals surface area contributed by atoms with Crippen LogP contribution in [0.15, 0.2) is 53.4 Å². The number of carbonyl (C=O) groups is 1. The molecule has 1 amide bonds. The van der Waals surface area contributed by atoms with Gasteiger partial charge in [-0.05, 0) is 42.0 Å². The quantitative estimate of drug-likeness (QED) is 0.740. The van der Waals surface area contributed by atoms with E-state index in [-0.39, 0.29) is 16.6 Å². The van der Waals surface area contributed by atoms with Gasteiger partial charge in [0.1, 0.15) is 10.6 Å². The monoisotopic (exact) mass is 362 g/mol. The Kier molecular flexibility index (Phi) is 6.17. The SMILES string of the molecule is CC(=O)Nc1ccc(S(=O)(=O)Oc2ccc(CNC(C)C)cc2)cc1. The number of rotatable bonds is 7. The van der Waals surface area contributed by atoms with E-state index in [2.05, 4.69) is 24.5 Å². The molecule has 0 bridgehead atoms. The van der Waals surface area contributed by atoms with Crippen molar-refractivity contribution in [3.8, 4) is 5.75 Å². The minimum absolute atomic E-state index is 0.0205. The molecule has 25 heavy (non-hydrogen) atoms. The molecular weight excluding hydrogens is 340 g/mol. The first-order valence-corrected chi connectivity index (χ1v) is 9.31. The molecule has 0 aliphatic heterocycles. The van der Waals surface area contributed by atoms with E-state index in [1.807, 2.05) is 12.1 Å². The summed E-state index contributed by atoms with van der Waals surface area (Å²) in [6.45, 7) is 6.20. The van der Waals surface area contributed by atoms with Gasteiger partial charge in [0.2, 0.25) is 5.91 Å². The second-order valence-corrected chi connectivity index (χ2v) is 7.47. The van der Waals surface area contributed by atoms with Crippen LogP contribution in [0, 0.1) is 0 Å². The smallest absolute Gasteiger partial charge is 0.339 e. The zero-order valence-corrected chi connectivity index (χ0v) is 15.3. The van der Waals surface area contributed by atoms with Gasteiger partial charge in [0.15, 0.2) is 0 Å². The van der Waals surface area contributed by atoms with Crippen LogP contribution in [0.1, 0.15) is 26.3 Å². The summed E-state index contributed by atoms with van der Waals surface area (Å²) in [5.74, 6) is 0.0261. The van der Waals surface area contributed by atoms with Gasteiger partial charge in [-0.15, -0.1) is 0 Å². The van der Waals surface area contributed by atoms with Gasteiger partial charge in [0.05, 0.1) is 0 Å². The molecule has 2 aromatic carbocycles. The zero-order valence-electron chi connectivity index (χ0n) is 14.4. The molecule has 0 saturated heterocycles. The van der Waals surface area contributed by atoms with Crippen LogP contribution >= 0.6 is 0 Å². The number of nitrogens with one attached hydrogen (secondary N) is 2. The van der Waals surface area contributed by atoms with Gasteiger partial charge in [-0.1, -0.05) is 26.0 Å². The van der Waals surface area contributed by atoms with Crippen LogP contribution in [0.25, 0.3) is 0 Å². The van der Waals surface area contributed by atoms with Crippen molar-refractivity contribution in [2.75, 3.05) is 5.32 Å². The molecule has 0 aromatic heterocycles. The predicted octanol–water partition coefficient (Wildman–Crippen LogP) is 2.91. The van der Waals surface area contributed by atoms with Gasteiger partial charge in [-0.3, -0.25) is 4.79 Å². The highest BCUT2D eigenvalue weighted by atomic mass is 32.2. The summed E-state index contributed by atoms with van der Waals surface area (Å²) >= 11 is 0. The Labute approximate surface area is 148 Å². The van der Waals surface area contributed by atoms with Crippen molar-refractivity contribution >= 4 is 21.7 Å². The largest absolute Gasteiger partial charge is 0.379 e. The molecule has 0 fully saturated rings. The van der Waals surface area contributed by atoms with Crippen LogP contribution in [-0.4, -0.2) is 20.4 Å². The topological polar surface area (TPSA) is 84.5 Å². The lowest BCUT2D eigenvalue weighted by Gasteiger charge is -2.10. The Hall–Kier alpha value is -2.38. The molecule has 6 nitrogen and oxygen atoms in total. The third-order valence-electron chi connectivity index (χ3n) is 3.31. The Bertz CT molecular complexity index is 813. The molecule has 0 radical (unpaired) electrons. The zero-order chi connectivity index (χ0) is 18.4. The molecule has 7 heteroatoms. The van der Waals surface area contributed by atoms with E-state index in [1.54, 1.807) is 12.1 Å². The standard InChI is InChI=1S/C18H22N2O4S/c1-13(2)19-12-15-4-8-17(9-5-15)24-25(22,23)18-10-6-16(7-11-18)20-14(3)21/h4-11,13,19H,12H2,1-3H3,(H,20,21). The third kappa shape index (κ3) is 5.88. The van der Waals surface area contributed by atoms with Crippen molar-refractivity contribution in [1.82, 2.24) is 5.32 Å². The van der Waals surface area contributed by atoms with E-state index in [4.69, 9.17) is 4.18 Å². The van der Waals surface area contributed by atoms with E-state index >= 15 is 0 Å². The van der Waals surface area contributed by atoms with Crippen LogP contribution in [0.5, 0.6) is 5.75 Å². The number of amides is 1. The van der Waals surface area contributed by atoms with Gasteiger partial charge >= 0.3 is 10.1 Å². The van der Waals surface area contributed by atoms with Crippen molar-refractivity contribution in [2.24, 2.45) is 0 Å². The molecule has 0 aliphatic carbocycles. The van der Waals surface area contributed by atoms with E-state index in [9.17, 15) is 13.2 Å². The summed E-state index contributed by atoms with van der Waals surface area (Å²) in [5.41, 5.74) is 1.56. The molecule has 2 N–H and O–H groups in total. The first-order chi connectivity index (χ1) is 11.8. The number of hydrogen-bond donors (Lipinski definition) is 2. The van der Waals surface area contributed by atoms with Gasteiger partial charge in [-0.25, -0.2) is 0 Å². The van der Waals surface area contributed by atoms with Crippen molar-refractivity contribution < 1.29 is 17.4 Å². The number of anilines is 1. The molecule has 134 valence electrons. The van der Waals surface area contributed by atoms with E-state index in [1.165, 1.54) is 31.2 Å². The highest BCUT2D eigenvalue weighted by Crippen LogP contribution is 2.20. The minimum atomic E-state index is -3.93. The first kappa shape index (κ1) is 19.0. The lowest BCUT2D eigenvalue weighted by atomic mass is 10.2. The van der Waals surface area contributed by atoms with E-state index < -0.39 is 10.1 Å². The van der Waals surface area contributed by atoms with Gasteiger partial charge in [0.25, 0.3) is 0 Å². The maximum absolute atomic E-state index is 12.3. The molecule has 2 rings (SSSR count). The average molecular weight is 362 g/mol. The lowest BCUT2D eigenvalue weighted by molar-refractivity contribution is -0.114. The highest BCUT2D eigenvalue weighted by molar-refractivity contribution is 7.87. The maximum atomic E-state index is 12.3. The van der Waals surface area contributed by atoms with Crippen LogP contribution in [0.4, 0.5) is 5.69 Å². The Balaban J connectivity index is 2.06. The number of hydrogen-bond acceptors (Lipinski definition) is 5. The second kappa shape index (κ2) is 8.13. The molecule has 0 aliphatic rings. The summed E-state index contributed by atoms with van der Waals surface area (Å²) in [7, 11) is -3.93. The predicted molar refractivity (Wildman–Crippen MR) is 97.0 cm³/mol. The van der Waals surface area contributed by atoms with Crippen molar-refractivity contribution in [3.63, 3.8) is 0 Å². The molecule has 0 spiro atoms. The summed E-state index contributed by atoms with van der Waals surface area (Å²) in [5, 5.41) is 5.86. The van der Waals surface area contributed by atoms with Gasteiger partial charge in [0, 0.05) is 25.2 Å². The van der Waals surface area contributed by atoms with Crippen LogP contribution < -0.4 is 14.8 Å². The van der Waals surface area contributed by atoms with Crippen molar-refractivity contribution in [2.45, 2.75) is 38.3 Å². The number of carbonyl (C=O) groups excluding carboxylic acids is 1. The average Bonchev–Trinajstić information content (AvgIpc) is 2.54. The molecule has 2 aromatic rings. The van der Waals surface area contributed by atoms with E-state index in [0.717, 1.165) is 5.56 Å². The molecular formula is C18H22N2O4S.